The van der Waals surface area contributed by atoms with Gasteiger partial charge < -0.3 is 26.4 Å². The highest BCUT2D eigenvalue weighted by Crippen LogP contribution is 2.23. The zero-order valence-corrected chi connectivity index (χ0v) is 24.8. The number of ketones is 1. The van der Waals surface area contributed by atoms with Crippen molar-refractivity contribution in [2.75, 3.05) is 33.3 Å². The summed E-state index contributed by atoms with van der Waals surface area (Å²) in [5.41, 5.74) is 11.3. The van der Waals surface area contributed by atoms with Gasteiger partial charge in [0.1, 0.15) is 6.04 Å². The third-order valence-electron chi connectivity index (χ3n) is 6.51. The summed E-state index contributed by atoms with van der Waals surface area (Å²) in [7, 11) is -2.74. The Hall–Kier alpha value is -3.89. The van der Waals surface area contributed by atoms with Crippen molar-refractivity contribution in [3.05, 3.63) is 52.5 Å². The van der Waals surface area contributed by atoms with Crippen LogP contribution in [0.3, 0.4) is 0 Å². The molecule has 0 saturated carbocycles. The number of piperazine rings is 1. The number of carbonyl (C=O) groups excluding carboxylic acids is 4. The molecule has 0 unspecified atom stereocenters. The summed E-state index contributed by atoms with van der Waals surface area (Å²) in [6.45, 7) is -0.278. The minimum absolute atomic E-state index is 0.0510. The molecule has 1 saturated heterocycles. The van der Waals surface area contributed by atoms with Crippen LogP contribution in [0.2, 0.25) is 0 Å². The lowest BCUT2D eigenvalue weighted by atomic mass is 10.1. The number of hydrogen-bond donors (Lipinski definition) is 3. The van der Waals surface area contributed by atoms with Crippen LogP contribution in [0.5, 0.6) is 0 Å². The maximum atomic E-state index is 13.5. The fourth-order valence-corrected chi connectivity index (χ4v) is 6.83. The molecule has 1 fully saturated rings. The van der Waals surface area contributed by atoms with E-state index in [0.29, 0.717) is 12.0 Å². The van der Waals surface area contributed by atoms with Gasteiger partial charge in [-0.05, 0) is 24.8 Å². The Morgan fingerprint density at radius 1 is 1.21 bits per heavy atom. The van der Waals surface area contributed by atoms with Crippen LogP contribution in [0.15, 0.2) is 46.9 Å². The quantitative estimate of drug-likeness (QED) is 0.0788. The third-order valence-corrected chi connectivity index (χ3v) is 9.15. The summed E-state index contributed by atoms with van der Waals surface area (Å²) in [6, 6.07) is 6.40. The summed E-state index contributed by atoms with van der Waals surface area (Å²) in [5.74, 6) is -2.62. The van der Waals surface area contributed by atoms with Crippen LogP contribution < -0.4 is 16.8 Å². The van der Waals surface area contributed by atoms with E-state index in [-0.39, 0.29) is 61.4 Å². The van der Waals surface area contributed by atoms with Gasteiger partial charge in [-0.2, -0.15) is 4.31 Å². The van der Waals surface area contributed by atoms with Crippen LogP contribution in [0, 0.1) is 0 Å². The number of guanidine groups is 1. The number of thiazole rings is 1. The van der Waals surface area contributed by atoms with Crippen molar-refractivity contribution in [2.24, 2.45) is 16.5 Å². The van der Waals surface area contributed by atoms with Crippen LogP contribution in [0.25, 0.3) is 0 Å². The number of hydrogen-bond acceptors (Lipinski definition) is 10. The molecule has 1 aliphatic heterocycles. The first kappa shape index (κ1) is 32.6. The van der Waals surface area contributed by atoms with E-state index in [1.54, 1.807) is 35.7 Å². The highest BCUT2D eigenvalue weighted by Gasteiger charge is 2.41. The molecule has 2 amide bonds. The first-order valence-electron chi connectivity index (χ1n) is 13.2. The number of nitrogens with two attached hydrogens (primary N) is 2. The molecule has 42 heavy (non-hydrogen) atoms. The number of nitrogens with one attached hydrogen (secondary N) is 1. The van der Waals surface area contributed by atoms with E-state index < -0.39 is 46.4 Å². The molecule has 14 nitrogen and oxygen atoms in total. The molecule has 2 atom stereocenters. The topological polar surface area (TPSA) is 207 Å². The first-order chi connectivity index (χ1) is 20.0. The first-order valence-corrected chi connectivity index (χ1v) is 15.7. The van der Waals surface area contributed by atoms with Crippen molar-refractivity contribution in [1.82, 2.24) is 19.5 Å². The Kier molecular flexibility index (Phi) is 11.9. The zero-order chi connectivity index (χ0) is 30.7. The number of methoxy groups -OCH3 is 1. The molecule has 2 aromatic rings. The number of ether oxygens (including phenoxy) is 1. The average molecular weight is 622 g/mol. The fourth-order valence-electron chi connectivity index (χ4n) is 4.48. The number of carbonyl (C=O) groups is 4. The van der Waals surface area contributed by atoms with Crippen molar-refractivity contribution in [3.8, 4) is 0 Å². The van der Waals surface area contributed by atoms with Gasteiger partial charge >= 0.3 is 5.97 Å². The molecule has 3 rings (SSSR count). The summed E-state index contributed by atoms with van der Waals surface area (Å²) >= 11 is 1.14. The van der Waals surface area contributed by atoms with E-state index in [1.807, 2.05) is 0 Å². The number of sulfonamides is 1. The Bertz CT molecular complexity index is 1360. The second kappa shape index (κ2) is 15.4. The summed E-state index contributed by atoms with van der Waals surface area (Å²) in [4.78, 5) is 60.6. The molecule has 0 radical (unpaired) electrons. The number of amides is 2. The Balaban J connectivity index is 1.73. The molecule has 0 bridgehead atoms. The minimum atomic E-state index is -3.95. The predicted molar refractivity (Wildman–Crippen MR) is 156 cm³/mol. The predicted octanol–water partition coefficient (Wildman–Crippen LogP) is -0.140. The van der Waals surface area contributed by atoms with Gasteiger partial charge in [-0.3, -0.25) is 24.2 Å². The van der Waals surface area contributed by atoms with E-state index in [9.17, 15) is 27.6 Å². The molecule has 5 N–H and O–H groups in total. The molecule has 0 spiro atoms. The molecular formula is C26H35N7O7S2. The van der Waals surface area contributed by atoms with Gasteiger partial charge in [-0.25, -0.2) is 13.4 Å². The fraction of sp³-hybridized carbons (Fsp3) is 0.462. The normalized spacial score (nSPS) is 16.5. The standard InChI is InChI=1S/C26H35N7O7S2/c1-40-22(35)10-9-20-25(37)32(13-14-33(20)42(38,39)17-18-6-3-2-4-7-18)16-21(34)31-19(8-5-11-30-26(27)28)23(36)24-29-12-15-41-24/h2-4,6-7,12,15,19-20H,5,8-11,13-14,16-17H2,1H3,(H,31,34)(H4,27,28,30)/t19-,20+/m0/s1. The number of aliphatic imine (C=N–C) groups is 1. The highest BCUT2D eigenvalue weighted by atomic mass is 32.2. The molecule has 0 aliphatic carbocycles. The summed E-state index contributed by atoms with van der Waals surface area (Å²) in [5, 5.41) is 4.54. The van der Waals surface area contributed by atoms with Crippen LogP contribution in [0.1, 0.15) is 41.0 Å². The molecule has 1 aromatic carbocycles. The number of Topliss-reactive ketones (excluding diaryl/α,β-unsaturated/α-hetero) is 1. The molecule has 228 valence electrons. The van der Waals surface area contributed by atoms with E-state index in [4.69, 9.17) is 11.5 Å². The SMILES string of the molecule is COC(=O)CC[C@@H]1C(=O)N(CC(=O)N[C@@H](CCCN=C(N)N)C(=O)c2nccs2)CCN1S(=O)(=O)Cc1ccccc1. The number of rotatable bonds is 15. The molecule has 16 heteroatoms. The van der Waals surface area contributed by atoms with Crippen molar-refractivity contribution in [3.63, 3.8) is 0 Å². The average Bonchev–Trinajstić information content (AvgIpc) is 3.49. The second-order valence-electron chi connectivity index (χ2n) is 9.51. The lowest BCUT2D eigenvalue weighted by Crippen LogP contribution is -2.60. The summed E-state index contributed by atoms with van der Waals surface area (Å²) < 4.78 is 32.5. The molecule has 2 heterocycles. The maximum absolute atomic E-state index is 13.5. The number of aromatic nitrogens is 1. The highest BCUT2D eigenvalue weighted by molar-refractivity contribution is 7.88. The van der Waals surface area contributed by atoms with Gasteiger partial charge in [0.2, 0.25) is 27.6 Å². The number of nitrogens with zero attached hydrogens (tertiary/aromatic N) is 4. The minimum Gasteiger partial charge on any atom is -0.469 e. The van der Waals surface area contributed by atoms with Gasteiger partial charge in [0.15, 0.2) is 11.0 Å². The van der Waals surface area contributed by atoms with Gasteiger partial charge in [-0.15, -0.1) is 11.3 Å². The lowest BCUT2D eigenvalue weighted by molar-refractivity contribution is -0.144. The van der Waals surface area contributed by atoms with Gasteiger partial charge in [0, 0.05) is 37.6 Å². The Morgan fingerprint density at radius 2 is 1.95 bits per heavy atom. The molecular weight excluding hydrogens is 586 g/mol. The number of benzene rings is 1. The van der Waals surface area contributed by atoms with E-state index in [1.165, 1.54) is 18.2 Å². The molecule has 1 aliphatic rings. The van der Waals surface area contributed by atoms with Crippen LogP contribution >= 0.6 is 11.3 Å². The van der Waals surface area contributed by atoms with Crippen LogP contribution in [-0.4, -0.2) is 97.5 Å². The summed E-state index contributed by atoms with van der Waals surface area (Å²) in [6.07, 6.45) is 1.79. The van der Waals surface area contributed by atoms with Crippen LogP contribution in [0.4, 0.5) is 0 Å². The monoisotopic (exact) mass is 621 g/mol. The third kappa shape index (κ3) is 9.32. The van der Waals surface area contributed by atoms with Crippen molar-refractivity contribution >= 4 is 50.9 Å². The zero-order valence-electron chi connectivity index (χ0n) is 23.2. The smallest absolute Gasteiger partial charge is 0.305 e. The van der Waals surface area contributed by atoms with Crippen molar-refractivity contribution in [2.45, 2.75) is 43.5 Å². The molecule has 1 aromatic heterocycles. The van der Waals surface area contributed by atoms with E-state index in [2.05, 4.69) is 20.0 Å². The van der Waals surface area contributed by atoms with Gasteiger partial charge in [-0.1, -0.05) is 30.3 Å². The number of esters is 1. The van der Waals surface area contributed by atoms with Gasteiger partial charge in [0.05, 0.1) is 25.4 Å². The van der Waals surface area contributed by atoms with E-state index in [0.717, 1.165) is 15.6 Å². The Labute approximate surface area is 248 Å². The largest absolute Gasteiger partial charge is 0.469 e. The van der Waals surface area contributed by atoms with Crippen molar-refractivity contribution in [1.29, 1.82) is 0 Å². The Morgan fingerprint density at radius 3 is 2.60 bits per heavy atom. The van der Waals surface area contributed by atoms with Gasteiger partial charge in [0.25, 0.3) is 0 Å². The second-order valence-corrected chi connectivity index (χ2v) is 12.3. The maximum Gasteiger partial charge on any atom is 0.305 e. The lowest BCUT2D eigenvalue weighted by Gasteiger charge is -2.39. The van der Waals surface area contributed by atoms with Crippen molar-refractivity contribution < 1.29 is 32.3 Å². The van der Waals surface area contributed by atoms with Crippen LogP contribution in [-0.2, 0) is 34.9 Å². The van der Waals surface area contributed by atoms with E-state index >= 15 is 0 Å².